The highest BCUT2D eigenvalue weighted by molar-refractivity contribution is 5.85. The lowest BCUT2D eigenvalue weighted by Crippen LogP contribution is -2.40. The summed E-state index contributed by atoms with van der Waals surface area (Å²) in [6, 6.07) is 6.02. The Labute approximate surface area is 140 Å². The van der Waals surface area contributed by atoms with Crippen molar-refractivity contribution in [2.24, 2.45) is 5.73 Å². The molecule has 2 aromatic rings. The molecule has 1 saturated heterocycles. The fourth-order valence-corrected chi connectivity index (χ4v) is 3.15. The summed E-state index contributed by atoms with van der Waals surface area (Å²) in [4.78, 5) is 4.62. The van der Waals surface area contributed by atoms with Crippen LogP contribution in [0.25, 0.3) is 11.4 Å². The summed E-state index contributed by atoms with van der Waals surface area (Å²) in [6.07, 6.45) is 2.57. The zero-order chi connectivity index (χ0) is 15.0. The molecule has 0 amide bonds. The molecule has 124 valence electrons. The van der Waals surface area contributed by atoms with E-state index < -0.39 is 0 Å². The fraction of sp³-hybridized carbons (Fsp3) is 0.500. The van der Waals surface area contributed by atoms with E-state index in [0.29, 0.717) is 31.5 Å². The summed E-state index contributed by atoms with van der Waals surface area (Å²) in [7, 11) is 0. The molecule has 0 saturated carbocycles. The van der Waals surface area contributed by atoms with E-state index in [9.17, 15) is 0 Å². The summed E-state index contributed by atoms with van der Waals surface area (Å²) in [5.74, 6) is 2.20. The third-order valence-electron chi connectivity index (χ3n) is 4.67. The second-order valence-corrected chi connectivity index (χ2v) is 5.94. The van der Waals surface area contributed by atoms with Crippen molar-refractivity contribution in [3.05, 3.63) is 29.7 Å². The molecule has 2 aliphatic heterocycles. The first-order valence-electron chi connectivity index (χ1n) is 7.69. The lowest BCUT2D eigenvalue weighted by molar-refractivity contribution is 0.0409. The largest absolute Gasteiger partial charge is 0.493 e. The number of hydrogen-bond acceptors (Lipinski definition) is 6. The van der Waals surface area contributed by atoms with Crippen LogP contribution in [-0.2, 0) is 16.6 Å². The molecule has 0 aliphatic carbocycles. The summed E-state index contributed by atoms with van der Waals surface area (Å²) < 4.78 is 16.5. The van der Waals surface area contributed by atoms with Gasteiger partial charge >= 0.3 is 0 Å². The molecule has 2 aliphatic rings. The molecule has 1 fully saturated rings. The number of aromatic nitrogens is 2. The van der Waals surface area contributed by atoms with E-state index in [1.165, 1.54) is 5.56 Å². The summed E-state index contributed by atoms with van der Waals surface area (Å²) in [6.45, 7) is 2.61. The Morgan fingerprint density at radius 3 is 2.78 bits per heavy atom. The van der Waals surface area contributed by atoms with E-state index in [1.54, 1.807) is 0 Å². The molecule has 0 radical (unpaired) electrons. The van der Waals surface area contributed by atoms with Crippen LogP contribution >= 0.6 is 12.4 Å². The van der Waals surface area contributed by atoms with Crippen molar-refractivity contribution in [3.8, 4) is 17.1 Å². The molecule has 0 bridgehead atoms. The maximum Gasteiger partial charge on any atom is 0.234 e. The van der Waals surface area contributed by atoms with Gasteiger partial charge in [0.25, 0.3) is 0 Å². The molecule has 0 atom stereocenters. The number of rotatable bonds is 3. The van der Waals surface area contributed by atoms with Gasteiger partial charge in [-0.05, 0) is 36.6 Å². The molecule has 1 aromatic carbocycles. The summed E-state index contributed by atoms with van der Waals surface area (Å²) in [5.41, 5.74) is 7.90. The zero-order valence-corrected chi connectivity index (χ0v) is 13.6. The highest BCUT2D eigenvalue weighted by Gasteiger charge is 2.38. The third kappa shape index (κ3) is 2.82. The number of halogens is 1. The van der Waals surface area contributed by atoms with E-state index in [-0.39, 0.29) is 17.8 Å². The van der Waals surface area contributed by atoms with Crippen molar-refractivity contribution < 1.29 is 14.0 Å². The SMILES string of the molecule is Cl.NCC1(c2nc(-c3ccc4c(c3)CCO4)no2)CCOCC1. The van der Waals surface area contributed by atoms with Crippen LogP contribution in [-0.4, -0.2) is 36.5 Å². The third-order valence-corrected chi connectivity index (χ3v) is 4.67. The van der Waals surface area contributed by atoms with Crippen LogP contribution in [0.5, 0.6) is 5.75 Å². The molecule has 6 nitrogen and oxygen atoms in total. The fourth-order valence-electron chi connectivity index (χ4n) is 3.15. The van der Waals surface area contributed by atoms with Gasteiger partial charge in [-0.3, -0.25) is 0 Å². The maximum absolute atomic E-state index is 5.99. The average molecular weight is 338 g/mol. The van der Waals surface area contributed by atoms with Gasteiger partial charge in [0.2, 0.25) is 11.7 Å². The topological polar surface area (TPSA) is 83.4 Å². The van der Waals surface area contributed by atoms with Crippen molar-refractivity contribution in [1.29, 1.82) is 0 Å². The number of hydrogen-bond donors (Lipinski definition) is 1. The van der Waals surface area contributed by atoms with Crippen LogP contribution < -0.4 is 10.5 Å². The Hall–Kier alpha value is -1.63. The van der Waals surface area contributed by atoms with Gasteiger partial charge in [-0.15, -0.1) is 12.4 Å². The van der Waals surface area contributed by atoms with Crippen molar-refractivity contribution in [2.75, 3.05) is 26.4 Å². The molecule has 0 spiro atoms. The highest BCUT2D eigenvalue weighted by atomic mass is 35.5. The van der Waals surface area contributed by atoms with E-state index >= 15 is 0 Å². The Bertz CT molecular complexity index is 683. The van der Waals surface area contributed by atoms with Crippen LogP contribution in [0.1, 0.15) is 24.3 Å². The summed E-state index contributed by atoms with van der Waals surface area (Å²) in [5, 5.41) is 4.16. The number of ether oxygens (including phenoxy) is 2. The Morgan fingerprint density at radius 1 is 1.17 bits per heavy atom. The van der Waals surface area contributed by atoms with Gasteiger partial charge < -0.3 is 19.7 Å². The van der Waals surface area contributed by atoms with Crippen molar-refractivity contribution in [1.82, 2.24) is 10.1 Å². The van der Waals surface area contributed by atoms with Crippen LogP contribution in [0.2, 0.25) is 0 Å². The predicted molar refractivity (Wildman–Crippen MR) is 87.0 cm³/mol. The molecule has 7 heteroatoms. The first kappa shape index (κ1) is 16.2. The predicted octanol–water partition coefficient (Wildman–Crippen LogP) is 2.10. The van der Waals surface area contributed by atoms with Gasteiger partial charge in [0.15, 0.2) is 0 Å². The standard InChI is InChI=1S/C16H19N3O3.ClH/c17-10-16(4-7-20-8-5-16)15-18-14(19-22-15)12-1-2-13-11(9-12)3-6-21-13;/h1-2,9H,3-8,10,17H2;1H. The molecular formula is C16H20ClN3O3. The minimum Gasteiger partial charge on any atom is -0.493 e. The Kier molecular flexibility index (Phi) is 4.57. The van der Waals surface area contributed by atoms with Gasteiger partial charge in [0, 0.05) is 31.7 Å². The number of benzene rings is 1. The Morgan fingerprint density at radius 2 is 2.00 bits per heavy atom. The Balaban J connectivity index is 0.00000156. The smallest absolute Gasteiger partial charge is 0.234 e. The normalized spacial score (nSPS) is 18.8. The molecule has 0 unspecified atom stereocenters. The number of nitrogens with two attached hydrogens (primary N) is 1. The number of fused-ring (bicyclic) bond motifs is 1. The van der Waals surface area contributed by atoms with E-state index in [4.69, 9.17) is 19.7 Å². The summed E-state index contributed by atoms with van der Waals surface area (Å²) >= 11 is 0. The maximum atomic E-state index is 5.99. The minimum atomic E-state index is -0.247. The van der Waals surface area contributed by atoms with E-state index in [0.717, 1.165) is 37.2 Å². The van der Waals surface area contributed by atoms with Crippen LogP contribution in [0.4, 0.5) is 0 Å². The van der Waals surface area contributed by atoms with Crippen LogP contribution in [0, 0.1) is 0 Å². The van der Waals surface area contributed by atoms with Crippen molar-refractivity contribution in [2.45, 2.75) is 24.7 Å². The molecule has 3 heterocycles. The van der Waals surface area contributed by atoms with Gasteiger partial charge in [-0.25, -0.2) is 0 Å². The molecule has 2 N–H and O–H groups in total. The lowest BCUT2D eigenvalue weighted by atomic mass is 9.80. The number of nitrogens with zero attached hydrogens (tertiary/aromatic N) is 2. The first-order chi connectivity index (χ1) is 10.8. The minimum absolute atomic E-state index is 0. The molecular weight excluding hydrogens is 318 g/mol. The van der Waals surface area contributed by atoms with E-state index in [1.807, 2.05) is 12.1 Å². The van der Waals surface area contributed by atoms with Crippen LogP contribution in [0.15, 0.2) is 22.7 Å². The van der Waals surface area contributed by atoms with Gasteiger partial charge in [-0.2, -0.15) is 4.98 Å². The van der Waals surface area contributed by atoms with Gasteiger partial charge in [-0.1, -0.05) is 5.16 Å². The first-order valence-corrected chi connectivity index (χ1v) is 7.69. The van der Waals surface area contributed by atoms with E-state index in [2.05, 4.69) is 16.2 Å². The van der Waals surface area contributed by atoms with Crippen LogP contribution in [0.3, 0.4) is 0 Å². The highest BCUT2D eigenvalue weighted by Crippen LogP contribution is 2.35. The second-order valence-electron chi connectivity index (χ2n) is 5.94. The van der Waals surface area contributed by atoms with Gasteiger partial charge in [0.1, 0.15) is 5.75 Å². The monoisotopic (exact) mass is 337 g/mol. The molecule has 4 rings (SSSR count). The lowest BCUT2D eigenvalue weighted by Gasteiger charge is -2.32. The van der Waals surface area contributed by atoms with Crippen molar-refractivity contribution >= 4 is 12.4 Å². The molecule has 1 aromatic heterocycles. The van der Waals surface area contributed by atoms with Crippen molar-refractivity contribution in [3.63, 3.8) is 0 Å². The molecule has 23 heavy (non-hydrogen) atoms. The second kappa shape index (κ2) is 6.47. The quantitative estimate of drug-likeness (QED) is 0.923. The average Bonchev–Trinajstić information content (AvgIpc) is 3.24. The zero-order valence-electron chi connectivity index (χ0n) is 12.8. The van der Waals surface area contributed by atoms with Gasteiger partial charge in [0.05, 0.1) is 12.0 Å².